The molecule has 1 aromatic carbocycles. The molecule has 5 heteroatoms. The Balaban J connectivity index is 2.01. The van der Waals surface area contributed by atoms with Crippen molar-refractivity contribution in [2.24, 2.45) is 0 Å². The fraction of sp³-hybridized carbons (Fsp3) is 0.200. The van der Waals surface area contributed by atoms with E-state index in [9.17, 15) is 0 Å². The van der Waals surface area contributed by atoms with Gasteiger partial charge in [0.05, 0.1) is 13.7 Å². The Hall–Kier alpha value is -2.56. The number of hydrogen-bond donors (Lipinski definition) is 1. The van der Waals surface area contributed by atoms with Gasteiger partial charge in [0.25, 0.3) is 0 Å². The first-order valence-corrected chi connectivity index (χ1v) is 6.35. The van der Waals surface area contributed by atoms with E-state index in [-0.39, 0.29) is 0 Å². The van der Waals surface area contributed by atoms with Gasteiger partial charge in [-0.2, -0.15) is 0 Å². The number of benzene rings is 1. The van der Waals surface area contributed by atoms with Crippen LogP contribution in [0.25, 0.3) is 10.9 Å². The summed E-state index contributed by atoms with van der Waals surface area (Å²) in [6.45, 7) is 2.57. The molecule has 3 aromatic rings. The monoisotopic (exact) mass is 269 g/mol. The van der Waals surface area contributed by atoms with Crippen molar-refractivity contribution in [3.8, 4) is 5.75 Å². The molecule has 0 spiro atoms. The van der Waals surface area contributed by atoms with Gasteiger partial charge < -0.3 is 14.6 Å². The van der Waals surface area contributed by atoms with Crippen LogP contribution in [0.4, 0.5) is 5.69 Å². The molecule has 0 saturated carbocycles. The molecule has 5 nitrogen and oxygen atoms in total. The molecular weight excluding hydrogens is 254 g/mol. The van der Waals surface area contributed by atoms with E-state index >= 15 is 0 Å². The van der Waals surface area contributed by atoms with Gasteiger partial charge in [0.1, 0.15) is 23.2 Å². The third kappa shape index (κ3) is 2.30. The van der Waals surface area contributed by atoms with Crippen molar-refractivity contribution in [3.63, 3.8) is 0 Å². The molecule has 2 heterocycles. The number of nitrogens with one attached hydrogen (secondary N) is 1. The fourth-order valence-corrected chi connectivity index (χ4v) is 2.18. The van der Waals surface area contributed by atoms with Gasteiger partial charge >= 0.3 is 0 Å². The van der Waals surface area contributed by atoms with Gasteiger partial charge in [-0.1, -0.05) is 17.3 Å². The lowest BCUT2D eigenvalue weighted by atomic mass is 10.1. The first-order valence-electron chi connectivity index (χ1n) is 6.35. The zero-order chi connectivity index (χ0) is 13.9. The average Bonchev–Trinajstić information content (AvgIpc) is 2.97. The molecule has 0 aliphatic carbocycles. The van der Waals surface area contributed by atoms with Crippen LogP contribution < -0.4 is 10.1 Å². The maximum absolute atomic E-state index is 5.37. The van der Waals surface area contributed by atoms with Crippen LogP contribution >= 0.6 is 0 Å². The van der Waals surface area contributed by atoms with Crippen molar-refractivity contribution in [2.75, 3.05) is 12.4 Å². The van der Waals surface area contributed by atoms with Crippen LogP contribution in [0.2, 0.25) is 0 Å². The Labute approximate surface area is 116 Å². The van der Waals surface area contributed by atoms with Crippen molar-refractivity contribution in [1.29, 1.82) is 0 Å². The van der Waals surface area contributed by atoms with Crippen LogP contribution in [0.3, 0.4) is 0 Å². The standard InChI is InChI=1S/C15H15N3O2/c1-10-8-13(16-9-11-6-7-20-18-11)12-4-3-5-14(19-2)15(12)17-10/h3-8H,9H2,1-2H3,(H,16,17). The molecule has 0 fully saturated rings. The second-order valence-corrected chi connectivity index (χ2v) is 4.51. The lowest BCUT2D eigenvalue weighted by Gasteiger charge is -2.11. The van der Waals surface area contributed by atoms with E-state index < -0.39 is 0 Å². The van der Waals surface area contributed by atoms with Gasteiger partial charge in [0.2, 0.25) is 0 Å². The van der Waals surface area contributed by atoms with E-state index in [4.69, 9.17) is 9.26 Å². The van der Waals surface area contributed by atoms with Crippen molar-refractivity contribution >= 4 is 16.6 Å². The third-order valence-corrected chi connectivity index (χ3v) is 3.10. The quantitative estimate of drug-likeness (QED) is 0.788. The minimum Gasteiger partial charge on any atom is -0.494 e. The van der Waals surface area contributed by atoms with Crippen molar-refractivity contribution in [2.45, 2.75) is 13.5 Å². The fourth-order valence-electron chi connectivity index (χ4n) is 2.18. The van der Waals surface area contributed by atoms with Crippen molar-refractivity contribution < 1.29 is 9.26 Å². The zero-order valence-corrected chi connectivity index (χ0v) is 11.4. The number of para-hydroxylation sites is 1. The molecule has 20 heavy (non-hydrogen) atoms. The summed E-state index contributed by atoms with van der Waals surface area (Å²) >= 11 is 0. The topological polar surface area (TPSA) is 60.2 Å². The molecule has 0 amide bonds. The molecule has 0 saturated heterocycles. The molecule has 102 valence electrons. The minimum absolute atomic E-state index is 0.603. The summed E-state index contributed by atoms with van der Waals surface area (Å²) in [5.74, 6) is 0.774. The second-order valence-electron chi connectivity index (χ2n) is 4.51. The van der Waals surface area contributed by atoms with Crippen molar-refractivity contribution in [3.05, 3.63) is 48.0 Å². The van der Waals surface area contributed by atoms with E-state index in [1.165, 1.54) is 0 Å². The molecule has 3 rings (SSSR count). The smallest absolute Gasteiger partial charge is 0.145 e. The normalized spacial score (nSPS) is 10.7. The zero-order valence-electron chi connectivity index (χ0n) is 11.4. The van der Waals surface area contributed by atoms with Crippen LogP contribution in [0.15, 0.2) is 41.1 Å². The Morgan fingerprint density at radius 2 is 2.20 bits per heavy atom. The van der Waals surface area contributed by atoms with Crippen LogP contribution in [-0.2, 0) is 6.54 Å². The second kappa shape index (κ2) is 5.21. The largest absolute Gasteiger partial charge is 0.494 e. The number of pyridine rings is 1. The summed E-state index contributed by atoms with van der Waals surface area (Å²) in [5.41, 5.74) is 3.66. The first kappa shape index (κ1) is 12.5. The number of anilines is 1. The average molecular weight is 269 g/mol. The van der Waals surface area contributed by atoms with Crippen LogP contribution in [0.5, 0.6) is 5.75 Å². The highest BCUT2D eigenvalue weighted by Crippen LogP contribution is 2.30. The summed E-state index contributed by atoms with van der Waals surface area (Å²) in [6, 6.07) is 9.75. The van der Waals surface area contributed by atoms with Crippen LogP contribution in [0.1, 0.15) is 11.4 Å². The van der Waals surface area contributed by atoms with E-state index in [1.54, 1.807) is 13.4 Å². The maximum atomic E-state index is 5.37. The molecule has 2 aromatic heterocycles. The Morgan fingerprint density at radius 3 is 2.95 bits per heavy atom. The maximum Gasteiger partial charge on any atom is 0.145 e. The number of hydrogen-bond acceptors (Lipinski definition) is 5. The van der Waals surface area contributed by atoms with Gasteiger partial charge in [-0.25, -0.2) is 4.98 Å². The van der Waals surface area contributed by atoms with Gasteiger partial charge in [-0.3, -0.25) is 0 Å². The highest BCUT2D eigenvalue weighted by Gasteiger charge is 2.08. The highest BCUT2D eigenvalue weighted by molar-refractivity contribution is 5.95. The SMILES string of the molecule is COc1cccc2c(NCc3ccon3)cc(C)nc12. The first-order chi connectivity index (χ1) is 9.78. The summed E-state index contributed by atoms with van der Waals surface area (Å²) in [4.78, 5) is 4.55. The Kier molecular flexibility index (Phi) is 3.25. The molecular formula is C15H15N3O2. The number of aryl methyl sites for hydroxylation is 1. The Morgan fingerprint density at radius 1 is 1.30 bits per heavy atom. The Bertz CT molecular complexity index is 723. The predicted octanol–water partition coefficient (Wildman–Crippen LogP) is 3.15. The number of nitrogens with zero attached hydrogens (tertiary/aromatic N) is 2. The summed E-state index contributed by atoms with van der Waals surface area (Å²) in [7, 11) is 1.65. The molecule has 0 radical (unpaired) electrons. The number of fused-ring (bicyclic) bond motifs is 1. The minimum atomic E-state index is 0.603. The molecule has 0 atom stereocenters. The van der Waals surface area contributed by atoms with Crippen LogP contribution in [0, 0.1) is 6.92 Å². The molecule has 0 aliphatic heterocycles. The van der Waals surface area contributed by atoms with Gasteiger partial charge in [-0.05, 0) is 19.1 Å². The number of ether oxygens (including phenoxy) is 1. The predicted molar refractivity (Wildman–Crippen MR) is 76.9 cm³/mol. The van der Waals surface area contributed by atoms with Gasteiger partial charge in [-0.15, -0.1) is 0 Å². The lowest BCUT2D eigenvalue weighted by Crippen LogP contribution is -2.02. The summed E-state index contributed by atoms with van der Waals surface area (Å²) < 4.78 is 10.2. The molecule has 0 bridgehead atoms. The molecule has 1 N–H and O–H groups in total. The number of aromatic nitrogens is 2. The number of rotatable bonds is 4. The van der Waals surface area contributed by atoms with Crippen LogP contribution in [-0.4, -0.2) is 17.3 Å². The van der Waals surface area contributed by atoms with E-state index in [0.717, 1.165) is 33.7 Å². The lowest BCUT2D eigenvalue weighted by molar-refractivity contribution is 0.412. The summed E-state index contributed by atoms with van der Waals surface area (Å²) in [5, 5.41) is 8.28. The van der Waals surface area contributed by atoms with E-state index in [0.29, 0.717) is 6.54 Å². The summed E-state index contributed by atoms with van der Waals surface area (Å²) in [6.07, 6.45) is 1.57. The molecule has 0 aliphatic rings. The van der Waals surface area contributed by atoms with Gasteiger partial charge in [0.15, 0.2) is 0 Å². The van der Waals surface area contributed by atoms with Crippen molar-refractivity contribution in [1.82, 2.24) is 10.1 Å². The van der Waals surface area contributed by atoms with E-state index in [2.05, 4.69) is 15.5 Å². The number of methoxy groups -OCH3 is 1. The van der Waals surface area contributed by atoms with Gasteiger partial charge in [0, 0.05) is 22.8 Å². The van der Waals surface area contributed by atoms with E-state index in [1.807, 2.05) is 37.3 Å². The molecule has 0 unspecified atom stereocenters. The third-order valence-electron chi connectivity index (χ3n) is 3.10. The highest BCUT2D eigenvalue weighted by atomic mass is 16.5.